The molecule has 0 saturated heterocycles. The van der Waals surface area contributed by atoms with E-state index in [4.69, 9.17) is 18.0 Å². The molecule has 106 valence electrons. The SMILES string of the molecule is CCC(C(N)=S)S(=O)(=O)N(CC)c1cccc(C)c1. The van der Waals surface area contributed by atoms with Gasteiger partial charge in [-0.15, -0.1) is 0 Å². The van der Waals surface area contributed by atoms with Crippen LogP contribution in [0, 0.1) is 6.92 Å². The van der Waals surface area contributed by atoms with Gasteiger partial charge in [0, 0.05) is 6.54 Å². The molecule has 0 radical (unpaired) electrons. The van der Waals surface area contributed by atoms with Crippen molar-refractivity contribution in [1.82, 2.24) is 0 Å². The molecule has 0 aliphatic heterocycles. The van der Waals surface area contributed by atoms with E-state index in [2.05, 4.69) is 0 Å². The third-order valence-corrected chi connectivity index (χ3v) is 5.76. The van der Waals surface area contributed by atoms with Gasteiger partial charge >= 0.3 is 0 Å². The van der Waals surface area contributed by atoms with E-state index in [1.54, 1.807) is 19.9 Å². The van der Waals surface area contributed by atoms with Crippen molar-refractivity contribution in [2.45, 2.75) is 32.4 Å². The summed E-state index contributed by atoms with van der Waals surface area (Å²) in [5.74, 6) is 0. The highest BCUT2D eigenvalue weighted by atomic mass is 32.2. The Morgan fingerprint density at radius 1 is 1.42 bits per heavy atom. The molecular weight excluding hydrogens is 280 g/mol. The van der Waals surface area contributed by atoms with Crippen LogP contribution in [0.5, 0.6) is 0 Å². The topological polar surface area (TPSA) is 63.4 Å². The summed E-state index contributed by atoms with van der Waals surface area (Å²) in [5.41, 5.74) is 7.22. The number of hydrogen-bond donors (Lipinski definition) is 1. The van der Waals surface area contributed by atoms with E-state index in [0.29, 0.717) is 18.7 Å². The van der Waals surface area contributed by atoms with Gasteiger partial charge in [-0.25, -0.2) is 8.42 Å². The van der Waals surface area contributed by atoms with Crippen LogP contribution in [0.15, 0.2) is 24.3 Å². The van der Waals surface area contributed by atoms with Crippen LogP contribution in [0.3, 0.4) is 0 Å². The van der Waals surface area contributed by atoms with Crippen molar-refractivity contribution in [2.75, 3.05) is 10.8 Å². The molecule has 6 heteroatoms. The zero-order valence-corrected chi connectivity index (χ0v) is 13.1. The Balaban J connectivity index is 3.26. The monoisotopic (exact) mass is 300 g/mol. The standard InChI is InChI=1S/C13H20N2O2S2/c1-4-12(13(14)18)19(16,17)15(5-2)11-8-6-7-10(3)9-11/h6-9,12H,4-5H2,1-3H3,(H2,14,18). The summed E-state index contributed by atoms with van der Waals surface area (Å²) in [4.78, 5) is 0.0219. The minimum absolute atomic E-state index is 0.0219. The highest BCUT2D eigenvalue weighted by Gasteiger charge is 2.32. The maximum absolute atomic E-state index is 12.6. The van der Waals surface area contributed by atoms with E-state index in [-0.39, 0.29) is 4.99 Å². The molecule has 0 aliphatic rings. The molecular formula is C13H20N2O2S2. The Hall–Kier alpha value is -1.14. The molecule has 1 aromatic rings. The van der Waals surface area contributed by atoms with E-state index in [0.717, 1.165) is 5.56 Å². The summed E-state index contributed by atoms with van der Waals surface area (Å²) in [6.45, 7) is 5.84. The van der Waals surface area contributed by atoms with Gasteiger partial charge in [-0.2, -0.15) is 0 Å². The first-order valence-corrected chi connectivity index (χ1v) is 8.13. The summed E-state index contributed by atoms with van der Waals surface area (Å²) in [6, 6.07) is 7.38. The van der Waals surface area contributed by atoms with Crippen LogP contribution >= 0.6 is 12.2 Å². The molecule has 4 nitrogen and oxygen atoms in total. The molecule has 1 atom stereocenters. The normalized spacial score (nSPS) is 13.0. The molecule has 0 aliphatic carbocycles. The minimum atomic E-state index is -3.57. The largest absolute Gasteiger partial charge is 0.392 e. The van der Waals surface area contributed by atoms with Gasteiger partial charge in [0.2, 0.25) is 10.0 Å². The Morgan fingerprint density at radius 3 is 2.47 bits per heavy atom. The number of rotatable bonds is 6. The number of sulfonamides is 1. The molecule has 0 heterocycles. The van der Waals surface area contributed by atoms with Crippen LogP contribution < -0.4 is 10.0 Å². The van der Waals surface area contributed by atoms with Gasteiger partial charge in [0.15, 0.2) is 0 Å². The third-order valence-electron chi connectivity index (χ3n) is 2.93. The van der Waals surface area contributed by atoms with Gasteiger partial charge in [-0.3, -0.25) is 4.31 Å². The molecule has 1 aromatic carbocycles. The zero-order chi connectivity index (χ0) is 14.6. The first-order valence-electron chi connectivity index (χ1n) is 6.22. The molecule has 2 N–H and O–H groups in total. The van der Waals surface area contributed by atoms with Crippen LogP contribution in [0.1, 0.15) is 25.8 Å². The predicted octanol–water partition coefficient (Wildman–Crippen LogP) is 2.22. The van der Waals surface area contributed by atoms with Crippen LogP contribution in [-0.4, -0.2) is 25.2 Å². The molecule has 0 amide bonds. The second-order valence-electron chi connectivity index (χ2n) is 4.35. The van der Waals surface area contributed by atoms with Crippen molar-refractivity contribution < 1.29 is 8.42 Å². The van der Waals surface area contributed by atoms with Crippen LogP contribution in [0.4, 0.5) is 5.69 Å². The molecule has 19 heavy (non-hydrogen) atoms. The number of thiocarbonyl (C=S) groups is 1. The summed E-state index contributed by atoms with van der Waals surface area (Å²) >= 11 is 4.88. The second-order valence-corrected chi connectivity index (χ2v) is 6.86. The van der Waals surface area contributed by atoms with Crippen molar-refractivity contribution in [3.05, 3.63) is 29.8 Å². The van der Waals surface area contributed by atoms with Gasteiger partial charge in [-0.05, 0) is 38.0 Å². The van der Waals surface area contributed by atoms with E-state index < -0.39 is 15.3 Å². The number of nitrogens with two attached hydrogens (primary N) is 1. The Kier molecular flexibility index (Phi) is 5.31. The average Bonchev–Trinajstić information content (AvgIpc) is 2.29. The number of anilines is 1. The Bertz CT molecular complexity index is 556. The maximum atomic E-state index is 12.6. The van der Waals surface area contributed by atoms with E-state index >= 15 is 0 Å². The lowest BCUT2D eigenvalue weighted by atomic mass is 10.2. The van der Waals surface area contributed by atoms with Crippen molar-refractivity contribution in [1.29, 1.82) is 0 Å². The maximum Gasteiger partial charge on any atom is 0.244 e. The van der Waals surface area contributed by atoms with E-state index in [9.17, 15) is 8.42 Å². The lowest BCUT2D eigenvalue weighted by Crippen LogP contribution is -2.44. The second kappa shape index (κ2) is 6.34. The molecule has 0 saturated carbocycles. The number of aryl methyl sites for hydroxylation is 1. The fourth-order valence-corrected chi connectivity index (χ4v) is 4.33. The molecule has 0 fully saturated rings. The molecule has 1 unspecified atom stereocenters. The molecule has 1 rings (SSSR count). The lowest BCUT2D eigenvalue weighted by Gasteiger charge is -2.27. The van der Waals surface area contributed by atoms with Gasteiger partial charge in [-0.1, -0.05) is 31.3 Å². The fraction of sp³-hybridized carbons (Fsp3) is 0.462. The van der Waals surface area contributed by atoms with Crippen molar-refractivity contribution >= 4 is 32.9 Å². The first kappa shape index (κ1) is 15.9. The number of benzene rings is 1. The lowest BCUT2D eigenvalue weighted by molar-refractivity contribution is 0.585. The van der Waals surface area contributed by atoms with Gasteiger partial charge in [0.25, 0.3) is 0 Å². The van der Waals surface area contributed by atoms with Gasteiger partial charge in [0.1, 0.15) is 5.25 Å². The Labute approximate surface area is 120 Å². The quantitative estimate of drug-likeness (QED) is 0.818. The summed E-state index contributed by atoms with van der Waals surface area (Å²) < 4.78 is 26.6. The molecule has 0 spiro atoms. The highest BCUT2D eigenvalue weighted by Crippen LogP contribution is 2.23. The smallest absolute Gasteiger partial charge is 0.244 e. The third kappa shape index (κ3) is 3.45. The van der Waals surface area contributed by atoms with Gasteiger partial charge in [0.05, 0.1) is 10.7 Å². The number of hydrogen-bond acceptors (Lipinski definition) is 3. The Morgan fingerprint density at radius 2 is 2.05 bits per heavy atom. The molecule has 0 bridgehead atoms. The summed E-state index contributed by atoms with van der Waals surface area (Å²) in [7, 11) is -3.57. The van der Waals surface area contributed by atoms with Crippen molar-refractivity contribution in [3.63, 3.8) is 0 Å². The van der Waals surface area contributed by atoms with Crippen molar-refractivity contribution in [2.24, 2.45) is 5.73 Å². The van der Waals surface area contributed by atoms with Crippen LogP contribution in [-0.2, 0) is 10.0 Å². The predicted molar refractivity (Wildman–Crippen MR) is 84.0 cm³/mol. The summed E-state index contributed by atoms with van der Waals surface area (Å²) in [5, 5.41) is -0.817. The van der Waals surface area contributed by atoms with Crippen LogP contribution in [0.25, 0.3) is 0 Å². The average molecular weight is 300 g/mol. The van der Waals surface area contributed by atoms with E-state index in [1.807, 2.05) is 25.1 Å². The highest BCUT2D eigenvalue weighted by molar-refractivity contribution is 7.95. The van der Waals surface area contributed by atoms with E-state index in [1.165, 1.54) is 4.31 Å². The summed E-state index contributed by atoms with van der Waals surface area (Å²) in [6.07, 6.45) is 0.375. The minimum Gasteiger partial charge on any atom is -0.392 e. The van der Waals surface area contributed by atoms with Crippen molar-refractivity contribution in [3.8, 4) is 0 Å². The first-order chi connectivity index (χ1) is 8.84. The fourth-order valence-electron chi connectivity index (χ4n) is 2.00. The van der Waals surface area contributed by atoms with Gasteiger partial charge < -0.3 is 5.73 Å². The van der Waals surface area contributed by atoms with Crippen LogP contribution in [0.2, 0.25) is 0 Å². The zero-order valence-electron chi connectivity index (χ0n) is 11.5. The number of nitrogens with zero attached hydrogens (tertiary/aromatic N) is 1. The molecule has 0 aromatic heterocycles.